The normalized spacial score (nSPS) is 22.4. The number of rotatable bonds is 4. The minimum atomic E-state index is 0.168. The van der Waals surface area contributed by atoms with Gasteiger partial charge < -0.3 is 9.80 Å². The molecule has 2 aliphatic rings. The Morgan fingerprint density at radius 3 is 2.24 bits per heavy atom. The first-order valence-corrected chi connectivity index (χ1v) is 11.0. The highest BCUT2D eigenvalue weighted by molar-refractivity contribution is 6.30. The molecule has 4 nitrogen and oxygen atoms in total. The molecule has 4 rings (SSSR count). The predicted molar refractivity (Wildman–Crippen MR) is 118 cm³/mol. The van der Waals surface area contributed by atoms with Crippen molar-refractivity contribution in [3.8, 4) is 0 Å². The molecule has 2 aromatic rings. The standard InChI is InChI=1S/C24H30ClN3O/c1-26-13-5-8-21(18-26)24(29)28-16-14-27(15-17-28)23(19-6-3-2-4-7-19)20-9-11-22(25)12-10-20/h2-4,6-7,9-12,21,23H,5,8,13-18H2,1H3. The van der Waals surface area contributed by atoms with Gasteiger partial charge in [-0.05, 0) is 49.7 Å². The summed E-state index contributed by atoms with van der Waals surface area (Å²) >= 11 is 6.12. The maximum absolute atomic E-state index is 13.0. The van der Waals surface area contributed by atoms with E-state index < -0.39 is 0 Å². The maximum atomic E-state index is 13.0. The van der Waals surface area contributed by atoms with E-state index in [0.29, 0.717) is 5.91 Å². The highest BCUT2D eigenvalue weighted by Gasteiger charge is 2.32. The van der Waals surface area contributed by atoms with E-state index >= 15 is 0 Å². The van der Waals surface area contributed by atoms with Crippen LogP contribution in [-0.2, 0) is 4.79 Å². The van der Waals surface area contributed by atoms with Gasteiger partial charge in [-0.1, -0.05) is 54.1 Å². The van der Waals surface area contributed by atoms with Crippen LogP contribution in [0.3, 0.4) is 0 Å². The van der Waals surface area contributed by atoms with E-state index in [1.807, 2.05) is 12.1 Å². The number of carbonyl (C=O) groups excluding carboxylic acids is 1. The number of piperidine rings is 1. The highest BCUT2D eigenvalue weighted by atomic mass is 35.5. The zero-order valence-corrected chi connectivity index (χ0v) is 17.9. The number of piperazine rings is 1. The van der Waals surface area contributed by atoms with Crippen molar-refractivity contribution in [2.45, 2.75) is 18.9 Å². The molecule has 0 radical (unpaired) electrons. The van der Waals surface area contributed by atoms with Gasteiger partial charge >= 0.3 is 0 Å². The van der Waals surface area contributed by atoms with Crippen LogP contribution >= 0.6 is 11.6 Å². The molecule has 5 heteroatoms. The third-order valence-corrected chi connectivity index (χ3v) is 6.52. The van der Waals surface area contributed by atoms with Crippen LogP contribution in [0.15, 0.2) is 54.6 Å². The number of nitrogens with zero attached hydrogens (tertiary/aromatic N) is 3. The largest absolute Gasteiger partial charge is 0.340 e. The summed E-state index contributed by atoms with van der Waals surface area (Å²) < 4.78 is 0. The van der Waals surface area contributed by atoms with Crippen molar-refractivity contribution < 1.29 is 4.79 Å². The molecule has 2 atom stereocenters. The van der Waals surface area contributed by atoms with Crippen LogP contribution in [0.4, 0.5) is 0 Å². The minimum Gasteiger partial charge on any atom is -0.340 e. The average molecular weight is 412 g/mol. The Hall–Kier alpha value is -1.88. The first-order chi connectivity index (χ1) is 14.1. The van der Waals surface area contributed by atoms with Crippen LogP contribution < -0.4 is 0 Å². The third kappa shape index (κ3) is 4.82. The smallest absolute Gasteiger partial charge is 0.227 e. The lowest BCUT2D eigenvalue weighted by molar-refractivity contribution is -0.139. The Kier molecular flexibility index (Phi) is 6.53. The SMILES string of the molecule is CN1CCCC(C(=O)N2CCN(C(c3ccccc3)c3ccc(Cl)cc3)CC2)C1. The van der Waals surface area contributed by atoms with Gasteiger partial charge in [0.2, 0.25) is 5.91 Å². The molecule has 0 aliphatic carbocycles. The van der Waals surface area contributed by atoms with Crippen molar-refractivity contribution >= 4 is 17.5 Å². The number of carbonyl (C=O) groups is 1. The molecule has 0 N–H and O–H groups in total. The molecular formula is C24H30ClN3O. The molecule has 0 spiro atoms. The van der Waals surface area contributed by atoms with Gasteiger partial charge in [0.15, 0.2) is 0 Å². The van der Waals surface area contributed by atoms with Gasteiger partial charge in [-0.15, -0.1) is 0 Å². The Morgan fingerprint density at radius 1 is 0.931 bits per heavy atom. The summed E-state index contributed by atoms with van der Waals surface area (Å²) in [4.78, 5) is 19.9. The lowest BCUT2D eigenvalue weighted by Crippen LogP contribution is -2.53. The van der Waals surface area contributed by atoms with E-state index in [9.17, 15) is 4.79 Å². The van der Waals surface area contributed by atoms with Crippen molar-refractivity contribution in [3.63, 3.8) is 0 Å². The number of amides is 1. The van der Waals surface area contributed by atoms with E-state index in [0.717, 1.165) is 57.1 Å². The molecule has 29 heavy (non-hydrogen) atoms. The zero-order chi connectivity index (χ0) is 20.2. The second-order valence-electron chi connectivity index (χ2n) is 8.33. The molecule has 154 valence electrons. The highest BCUT2D eigenvalue weighted by Crippen LogP contribution is 2.31. The van der Waals surface area contributed by atoms with Crippen molar-refractivity contribution in [1.29, 1.82) is 0 Å². The molecule has 2 aromatic carbocycles. The molecule has 0 aromatic heterocycles. The van der Waals surface area contributed by atoms with E-state index in [4.69, 9.17) is 11.6 Å². The average Bonchev–Trinajstić information content (AvgIpc) is 2.76. The fraction of sp³-hybridized carbons (Fsp3) is 0.458. The topological polar surface area (TPSA) is 26.8 Å². The number of benzene rings is 2. The molecule has 0 bridgehead atoms. The van der Waals surface area contributed by atoms with E-state index in [1.54, 1.807) is 0 Å². The van der Waals surface area contributed by atoms with Gasteiger partial charge in [0, 0.05) is 37.7 Å². The number of likely N-dealkylation sites (tertiary alicyclic amines) is 1. The monoisotopic (exact) mass is 411 g/mol. The second-order valence-corrected chi connectivity index (χ2v) is 8.76. The summed E-state index contributed by atoms with van der Waals surface area (Å²) in [6.07, 6.45) is 2.15. The van der Waals surface area contributed by atoms with E-state index in [2.05, 4.69) is 64.2 Å². The summed E-state index contributed by atoms with van der Waals surface area (Å²) in [7, 11) is 2.12. The van der Waals surface area contributed by atoms with Gasteiger partial charge in [-0.25, -0.2) is 0 Å². The molecular weight excluding hydrogens is 382 g/mol. The molecule has 2 saturated heterocycles. The van der Waals surface area contributed by atoms with Crippen LogP contribution in [0.5, 0.6) is 0 Å². The molecule has 2 fully saturated rings. The summed E-state index contributed by atoms with van der Waals surface area (Å²) in [5.74, 6) is 0.514. The first-order valence-electron chi connectivity index (χ1n) is 10.6. The number of hydrogen-bond donors (Lipinski definition) is 0. The van der Waals surface area contributed by atoms with E-state index in [-0.39, 0.29) is 12.0 Å². The van der Waals surface area contributed by atoms with Crippen LogP contribution in [-0.4, -0.2) is 66.9 Å². The third-order valence-electron chi connectivity index (χ3n) is 6.27. The summed E-state index contributed by atoms with van der Waals surface area (Å²) in [5.41, 5.74) is 2.53. The zero-order valence-electron chi connectivity index (χ0n) is 17.1. The van der Waals surface area contributed by atoms with Crippen LogP contribution in [0.25, 0.3) is 0 Å². The fourth-order valence-corrected chi connectivity index (χ4v) is 4.85. The first kappa shape index (κ1) is 20.4. The van der Waals surface area contributed by atoms with Gasteiger partial charge in [-0.2, -0.15) is 0 Å². The van der Waals surface area contributed by atoms with Gasteiger partial charge in [0.1, 0.15) is 0 Å². The van der Waals surface area contributed by atoms with Gasteiger partial charge in [0.25, 0.3) is 0 Å². The molecule has 2 aliphatic heterocycles. The van der Waals surface area contributed by atoms with Crippen LogP contribution in [0, 0.1) is 5.92 Å². The second kappa shape index (κ2) is 9.29. The minimum absolute atomic E-state index is 0.168. The lowest BCUT2D eigenvalue weighted by Gasteiger charge is -2.41. The Balaban J connectivity index is 1.47. The Labute approximate surface area is 179 Å². The summed E-state index contributed by atoms with van der Waals surface area (Å²) in [6, 6.07) is 19.0. The van der Waals surface area contributed by atoms with Crippen molar-refractivity contribution in [1.82, 2.24) is 14.7 Å². The van der Waals surface area contributed by atoms with Crippen molar-refractivity contribution in [3.05, 3.63) is 70.7 Å². The molecule has 2 heterocycles. The van der Waals surface area contributed by atoms with Crippen LogP contribution in [0.1, 0.15) is 30.0 Å². The predicted octanol–water partition coefficient (Wildman–Crippen LogP) is 3.92. The summed E-state index contributed by atoms with van der Waals surface area (Å²) in [6.45, 7) is 5.38. The summed E-state index contributed by atoms with van der Waals surface area (Å²) in [5, 5.41) is 0.758. The molecule has 1 amide bonds. The quantitative estimate of drug-likeness (QED) is 0.763. The Morgan fingerprint density at radius 2 is 1.59 bits per heavy atom. The molecule has 2 unspecified atom stereocenters. The van der Waals surface area contributed by atoms with Crippen LogP contribution in [0.2, 0.25) is 5.02 Å². The lowest BCUT2D eigenvalue weighted by atomic mass is 9.95. The maximum Gasteiger partial charge on any atom is 0.227 e. The number of halogens is 1. The van der Waals surface area contributed by atoms with Crippen molar-refractivity contribution in [2.75, 3.05) is 46.3 Å². The number of hydrogen-bond acceptors (Lipinski definition) is 3. The van der Waals surface area contributed by atoms with E-state index in [1.165, 1.54) is 11.1 Å². The van der Waals surface area contributed by atoms with Gasteiger partial charge in [0.05, 0.1) is 12.0 Å². The van der Waals surface area contributed by atoms with Gasteiger partial charge in [-0.3, -0.25) is 9.69 Å². The van der Waals surface area contributed by atoms with Crippen molar-refractivity contribution in [2.24, 2.45) is 5.92 Å². The fourth-order valence-electron chi connectivity index (χ4n) is 4.72. The Bertz CT molecular complexity index is 803. The molecule has 0 saturated carbocycles.